The minimum Gasteiger partial charge on any atom is -0.481 e. The van der Waals surface area contributed by atoms with Crippen LogP contribution in [0.4, 0.5) is 0 Å². The van der Waals surface area contributed by atoms with Gasteiger partial charge in [-0.15, -0.1) is 0 Å². The zero-order chi connectivity index (χ0) is 38.7. The molecule has 0 unspecified atom stereocenters. The Morgan fingerprint density at radius 1 is 0.868 bits per heavy atom. The molecule has 302 valence electrons. The lowest BCUT2D eigenvalue weighted by Crippen LogP contribution is -2.50. The van der Waals surface area contributed by atoms with Crippen molar-refractivity contribution in [1.82, 2.24) is 10.6 Å². The number of nitrogens with one attached hydrogen (secondary N) is 2. The number of carboxylic acids is 1. The predicted octanol–water partition coefficient (Wildman–Crippen LogP) is 5.62. The number of carbonyl (C=O) groups is 4. The molecule has 0 aromatic rings. The fourth-order valence-electron chi connectivity index (χ4n) is 8.18. The van der Waals surface area contributed by atoms with Crippen LogP contribution in [0.15, 0.2) is 11.6 Å². The Balaban J connectivity index is 1.12. The maximum atomic E-state index is 12.9. The van der Waals surface area contributed by atoms with Crippen molar-refractivity contribution in [1.29, 1.82) is 0 Å². The van der Waals surface area contributed by atoms with Gasteiger partial charge >= 0.3 is 5.97 Å². The number of epoxide rings is 1. The van der Waals surface area contributed by atoms with Crippen molar-refractivity contribution in [2.75, 3.05) is 13.1 Å². The van der Waals surface area contributed by atoms with E-state index in [2.05, 4.69) is 30.6 Å². The van der Waals surface area contributed by atoms with Crippen molar-refractivity contribution in [3.05, 3.63) is 11.6 Å². The van der Waals surface area contributed by atoms with Crippen LogP contribution >= 0.6 is 0 Å². The molecule has 1 spiro atoms. The number of aliphatic hydroxyl groups excluding tert-OH is 1. The average molecular weight is 749 g/mol. The van der Waals surface area contributed by atoms with Gasteiger partial charge in [0.05, 0.1) is 49.0 Å². The van der Waals surface area contributed by atoms with Crippen molar-refractivity contribution in [2.24, 2.45) is 23.7 Å². The van der Waals surface area contributed by atoms with E-state index in [4.69, 9.17) is 24.1 Å². The summed E-state index contributed by atoms with van der Waals surface area (Å²) in [5.41, 5.74) is 1.12. The van der Waals surface area contributed by atoms with Crippen LogP contribution in [0.5, 0.6) is 0 Å². The van der Waals surface area contributed by atoms with Crippen molar-refractivity contribution in [2.45, 2.75) is 186 Å². The van der Waals surface area contributed by atoms with Gasteiger partial charge in [0.1, 0.15) is 6.10 Å². The van der Waals surface area contributed by atoms with Crippen LogP contribution in [0.2, 0.25) is 0 Å². The Bertz CT molecular complexity index is 1260. The number of amides is 2. The van der Waals surface area contributed by atoms with Gasteiger partial charge < -0.3 is 39.8 Å². The zero-order valence-corrected chi connectivity index (χ0v) is 33.1. The number of ether oxygens (including phenoxy) is 4. The lowest BCUT2D eigenvalue weighted by Gasteiger charge is -2.48. The second-order valence-corrected chi connectivity index (χ2v) is 16.8. The summed E-state index contributed by atoms with van der Waals surface area (Å²) in [5, 5.41) is 25.4. The molecule has 4 rings (SSSR count). The molecule has 4 saturated heterocycles. The largest absolute Gasteiger partial charge is 0.481 e. The number of hydrogen-bond donors (Lipinski definition) is 4. The number of allylic oxidation sites excluding steroid dienone is 2. The second-order valence-electron chi connectivity index (χ2n) is 16.8. The van der Waals surface area contributed by atoms with E-state index >= 15 is 0 Å². The van der Waals surface area contributed by atoms with Crippen LogP contribution in [0, 0.1) is 23.7 Å². The average Bonchev–Trinajstić information content (AvgIpc) is 3.86. The molecule has 12 atom stereocenters. The van der Waals surface area contributed by atoms with Crippen LogP contribution in [0.3, 0.4) is 0 Å². The number of rotatable bonds is 20. The SMILES string of the molecule is C/C(=C\[C@H](C)CC[C@H]1CCC[C@]2(CC[C@@H](C)[C@H](CCCNC(=O)[C@H](C)[C@H](O)CNC(=O)C[C@@H]3O[C@@H](CC(=O)[C@@H]4O[C@@H]4C)CC[C@H]3C)O2)O1)CCC(=O)O. The van der Waals surface area contributed by atoms with E-state index in [1.165, 1.54) is 0 Å². The molecule has 4 heterocycles. The molecule has 0 aliphatic carbocycles. The molecule has 0 aromatic carbocycles. The standard InChI is InChI=1S/C41H68N2O10/c1-25(21-26(2)12-16-38(47)48)11-14-31-9-7-18-41(52-31)19-17-28(4)35(53-41)10-8-20-42-40(49)29(5)34(45)24-43-37(46)23-36-27(3)13-15-32(51-36)22-33(44)39-30(6)50-39/h21,25,27-32,34-36,39,45H,7-20,22-24H2,1-6H3,(H,42,49)(H,43,46)(H,47,48)/b26-21+/t25-,27-,28-,29-,30-,31-,32-,34-,35+,36+,39-,41+/m1/s1. The van der Waals surface area contributed by atoms with Crippen molar-refractivity contribution in [3.8, 4) is 0 Å². The summed E-state index contributed by atoms with van der Waals surface area (Å²) in [6, 6.07) is 0. The summed E-state index contributed by atoms with van der Waals surface area (Å²) in [6.07, 6.45) is 11.7. The highest BCUT2D eigenvalue weighted by Gasteiger charge is 2.45. The van der Waals surface area contributed by atoms with Crippen LogP contribution in [-0.4, -0.2) is 95.4 Å². The predicted molar refractivity (Wildman–Crippen MR) is 200 cm³/mol. The van der Waals surface area contributed by atoms with Crippen LogP contribution < -0.4 is 10.6 Å². The van der Waals surface area contributed by atoms with Gasteiger partial charge in [0, 0.05) is 38.8 Å². The Morgan fingerprint density at radius 2 is 1.60 bits per heavy atom. The highest BCUT2D eigenvalue weighted by molar-refractivity contribution is 5.86. The van der Waals surface area contributed by atoms with Gasteiger partial charge in [-0.25, -0.2) is 0 Å². The first-order valence-electron chi connectivity index (χ1n) is 20.5. The minimum atomic E-state index is -1.03. The number of aliphatic carboxylic acids is 1. The molecule has 12 heteroatoms. The van der Waals surface area contributed by atoms with E-state index in [1.54, 1.807) is 6.92 Å². The zero-order valence-electron chi connectivity index (χ0n) is 33.1. The maximum absolute atomic E-state index is 12.9. The summed E-state index contributed by atoms with van der Waals surface area (Å²) in [5.74, 6) is -1.54. The number of aliphatic hydroxyl groups is 1. The Labute approximate surface area is 316 Å². The van der Waals surface area contributed by atoms with E-state index in [-0.39, 0.29) is 79.5 Å². The number of carboxylic acid groups (broad SMARTS) is 1. The first-order valence-corrected chi connectivity index (χ1v) is 20.5. The summed E-state index contributed by atoms with van der Waals surface area (Å²) < 4.78 is 24.8. The summed E-state index contributed by atoms with van der Waals surface area (Å²) >= 11 is 0. The fraction of sp³-hybridized carbons (Fsp3) is 0.854. The summed E-state index contributed by atoms with van der Waals surface area (Å²) in [7, 11) is 0. The molecule has 53 heavy (non-hydrogen) atoms. The van der Waals surface area contributed by atoms with Gasteiger partial charge in [-0.05, 0) is 95.8 Å². The van der Waals surface area contributed by atoms with E-state index < -0.39 is 23.8 Å². The van der Waals surface area contributed by atoms with Gasteiger partial charge in [0.25, 0.3) is 0 Å². The molecule has 0 aromatic heterocycles. The molecule has 4 aliphatic rings. The smallest absolute Gasteiger partial charge is 0.303 e. The normalized spacial score (nSPS) is 33.5. The van der Waals surface area contributed by atoms with E-state index in [0.29, 0.717) is 31.2 Å². The number of Topliss-reactive ketones (excluding diaryl/α,β-unsaturated/α-hetero) is 1. The minimum absolute atomic E-state index is 0.0216. The van der Waals surface area contributed by atoms with Gasteiger partial charge in [0.15, 0.2) is 11.6 Å². The quantitative estimate of drug-likeness (QED) is 0.0695. The Morgan fingerprint density at radius 3 is 2.32 bits per heavy atom. The maximum Gasteiger partial charge on any atom is 0.303 e. The molecular weight excluding hydrogens is 680 g/mol. The second kappa shape index (κ2) is 20.5. The van der Waals surface area contributed by atoms with Gasteiger partial charge in [-0.2, -0.15) is 0 Å². The van der Waals surface area contributed by atoms with Gasteiger partial charge in [-0.3, -0.25) is 19.2 Å². The third-order valence-electron chi connectivity index (χ3n) is 11.9. The van der Waals surface area contributed by atoms with Crippen LogP contribution in [-0.2, 0) is 38.1 Å². The van der Waals surface area contributed by atoms with Gasteiger partial charge in [-0.1, -0.05) is 39.3 Å². The van der Waals surface area contributed by atoms with Crippen molar-refractivity contribution >= 4 is 23.6 Å². The third-order valence-corrected chi connectivity index (χ3v) is 11.9. The highest BCUT2D eigenvalue weighted by atomic mass is 16.7. The highest BCUT2D eigenvalue weighted by Crippen LogP contribution is 2.43. The molecule has 0 radical (unpaired) electrons. The molecule has 2 amide bonds. The molecular formula is C41H68N2O10. The van der Waals surface area contributed by atoms with Crippen molar-refractivity contribution in [3.63, 3.8) is 0 Å². The molecule has 4 fully saturated rings. The Hall–Kier alpha value is -2.38. The number of carbonyl (C=O) groups excluding carboxylic acids is 3. The summed E-state index contributed by atoms with van der Waals surface area (Å²) in [4.78, 5) is 48.9. The van der Waals surface area contributed by atoms with E-state index in [1.807, 2.05) is 20.8 Å². The van der Waals surface area contributed by atoms with E-state index in [9.17, 15) is 24.3 Å². The van der Waals surface area contributed by atoms with Crippen LogP contribution in [0.25, 0.3) is 0 Å². The lowest BCUT2D eigenvalue weighted by atomic mass is 9.85. The molecule has 0 saturated carbocycles. The van der Waals surface area contributed by atoms with E-state index in [0.717, 1.165) is 76.2 Å². The van der Waals surface area contributed by atoms with Crippen molar-refractivity contribution < 1.29 is 48.3 Å². The summed E-state index contributed by atoms with van der Waals surface area (Å²) in [6.45, 7) is 12.4. The number of hydrogen-bond acceptors (Lipinski definition) is 9. The molecule has 0 bridgehead atoms. The topological polar surface area (TPSA) is 173 Å². The Kier molecular flexibility index (Phi) is 16.8. The van der Waals surface area contributed by atoms with Gasteiger partial charge in [0.2, 0.25) is 11.8 Å². The third kappa shape index (κ3) is 14.0. The molecule has 4 aliphatic heterocycles. The molecule has 4 N–H and O–H groups in total. The van der Waals surface area contributed by atoms with Crippen LogP contribution in [0.1, 0.15) is 138 Å². The first kappa shape index (κ1) is 43.3. The lowest BCUT2D eigenvalue weighted by molar-refractivity contribution is -0.324. The first-order chi connectivity index (χ1) is 25.1. The fourth-order valence-corrected chi connectivity index (χ4v) is 8.18. The monoisotopic (exact) mass is 748 g/mol. The molecule has 12 nitrogen and oxygen atoms in total. The number of ketones is 1.